The molecule has 0 aliphatic carbocycles. The minimum absolute atomic E-state index is 0.0386. The van der Waals surface area contributed by atoms with Gasteiger partial charge in [0.2, 0.25) is 5.91 Å². The van der Waals surface area contributed by atoms with Crippen molar-refractivity contribution in [3.8, 4) is 0 Å². The van der Waals surface area contributed by atoms with E-state index in [1.807, 2.05) is 6.92 Å². The number of hydrogen-bond donors (Lipinski definition) is 2. The number of benzene rings is 1. The van der Waals surface area contributed by atoms with E-state index in [-0.39, 0.29) is 17.7 Å². The quantitative estimate of drug-likeness (QED) is 0.824. The van der Waals surface area contributed by atoms with Gasteiger partial charge in [-0.1, -0.05) is 6.92 Å². The maximum Gasteiger partial charge on any atom is 0.248 e. The molecule has 0 aromatic heterocycles. The van der Waals surface area contributed by atoms with E-state index in [1.165, 1.54) is 30.0 Å². The lowest BCUT2D eigenvalue weighted by molar-refractivity contribution is 0.1000. The smallest absolute Gasteiger partial charge is 0.248 e. The minimum atomic E-state index is -0.568. The first kappa shape index (κ1) is 13.0. The van der Waals surface area contributed by atoms with Crippen molar-refractivity contribution in [3.05, 3.63) is 35.1 Å². The van der Waals surface area contributed by atoms with E-state index in [0.29, 0.717) is 16.9 Å². The van der Waals surface area contributed by atoms with Crippen LogP contribution in [0.15, 0.2) is 18.2 Å². The van der Waals surface area contributed by atoms with Crippen molar-refractivity contribution >= 4 is 17.7 Å². The summed E-state index contributed by atoms with van der Waals surface area (Å²) in [4.78, 5) is 10.9. The van der Waals surface area contributed by atoms with Crippen LogP contribution in [-0.2, 0) is 5.75 Å². The molecule has 0 bridgehead atoms. The van der Waals surface area contributed by atoms with E-state index in [9.17, 15) is 9.18 Å². The first-order chi connectivity index (χ1) is 7.54. The Bertz CT molecular complexity index is 384. The largest absolute Gasteiger partial charge is 0.395 e. The van der Waals surface area contributed by atoms with Gasteiger partial charge in [-0.25, -0.2) is 4.39 Å². The lowest BCUT2D eigenvalue weighted by Crippen LogP contribution is -2.11. The molecule has 1 amide bonds. The molecule has 3 N–H and O–H groups in total. The van der Waals surface area contributed by atoms with Gasteiger partial charge in [0, 0.05) is 16.6 Å². The Morgan fingerprint density at radius 2 is 2.31 bits per heavy atom. The number of amides is 1. The summed E-state index contributed by atoms with van der Waals surface area (Å²) in [6, 6.07) is 4.05. The zero-order chi connectivity index (χ0) is 12.1. The van der Waals surface area contributed by atoms with E-state index >= 15 is 0 Å². The summed E-state index contributed by atoms with van der Waals surface area (Å²) in [6.45, 7) is 1.89. The highest BCUT2D eigenvalue weighted by molar-refractivity contribution is 7.99. The molecular formula is C11H14FNO2S. The van der Waals surface area contributed by atoms with Crippen molar-refractivity contribution in [2.75, 3.05) is 6.61 Å². The normalized spacial score (nSPS) is 12.4. The Morgan fingerprint density at radius 3 is 2.88 bits per heavy atom. The molecule has 0 heterocycles. The Kier molecular flexibility index (Phi) is 4.76. The van der Waals surface area contributed by atoms with Crippen LogP contribution >= 0.6 is 11.8 Å². The van der Waals surface area contributed by atoms with Crippen LogP contribution in [0.3, 0.4) is 0 Å². The third kappa shape index (κ3) is 3.50. The average Bonchev–Trinajstić information content (AvgIpc) is 2.27. The van der Waals surface area contributed by atoms with Crippen LogP contribution in [0.2, 0.25) is 0 Å². The van der Waals surface area contributed by atoms with E-state index in [1.54, 1.807) is 0 Å². The van der Waals surface area contributed by atoms with Gasteiger partial charge in [-0.2, -0.15) is 11.8 Å². The number of thioether (sulfide) groups is 1. The van der Waals surface area contributed by atoms with Crippen LogP contribution in [0.25, 0.3) is 0 Å². The first-order valence-corrected chi connectivity index (χ1v) is 5.90. The molecule has 0 fully saturated rings. The van der Waals surface area contributed by atoms with E-state index in [0.717, 1.165) is 0 Å². The molecule has 0 saturated carbocycles. The van der Waals surface area contributed by atoms with Gasteiger partial charge in [0.05, 0.1) is 6.61 Å². The number of carbonyl (C=O) groups excluding carboxylic acids is 1. The van der Waals surface area contributed by atoms with Crippen molar-refractivity contribution in [1.29, 1.82) is 0 Å². The predicted octanol–water partition coefficient (Wildman–Crippen LogP) is 1.54. The van der Waals surface area contributed by atoms with Crippen LogP contribution in [0.4, 0.5) is 4.39 Å². The number of rotatable bonds is 5. The topological polar surface area (TPSA) is 63.3 Å². The van der Waals surface area contributed by atoms with Crippen LogP contribution < -0.4 is 5.73 Å². The monoisotopic (exact) mass is 243 g/mol. The number of halogens is 1. The van der Waals surface area contributed by atoms with Gasteiger partial charge in [-0.3, -0.25) is 4.79 Å². The molecule has 5 heteroatoms. The Labute approximate surface area is 97.8 Å². The fraction of sp³-hybridized carbons (Fsp3) is 0.364. The Balaban J connectivity index is 2.78. The summed E-state index contributed by atoms with van der Waals surface area (Å²) in [6.07, 6.45) is 0. The third-order valence-corrected chi connectivity index (χ3v) is 3.31. The van der Waals surface area contributed by atoms with Gasteiger partial charge in [-0.15, -0.1) is 0 Å². The molecule has 1 aromatic rings. The average molecular weight is 243 g/mol. The van der Waals surface area contributed by atoms with Crippen LogP contribution in [-0.4, -0.2) is 22.9 Å². The van der Waals surface area contributed by atoms with Gasteiger partial charge in [-0.05, 0) is 23.8 Å². The number of carbonyl (C=O) groups is 1. The van der Waals surface area contributed by atoms with E-state index < -0.39 is 5.91 Å². The zero-order valence-electron chi connectivity index (χ0n) is 8.94. The maximum absolute atomic E-state index is 13.4. The molecule has 0 spiro atoms. The Hall–Kier alpha value is -1.07. The molecule has 1 unspecified atom stereocenters. The highest BCUT2D eigenvalue weighted by atomic mass is 32.2. The zero-order valence-corrected chi connectivity index (χ0v) is 9.76. The second-order valence-corrected chi connectivity index (χ2v) is 4.90. The van der Waals surface area contributed by atoms with E-state index in [4.69, 9.17) is 10.8 Å². The van der Waals surface area contributed by atoms with Crippen LogP contribution in [0.5, 0.6) is 0 Å². The van der Waals surface area contributed by atoms with Crippen molar-refractivity contribution < 1.29 is 14.3 Å². The maximum atomic E-state index is 13.4. The number of nitrogens with two attached hydrogens (primary N) is 1. The van der Waals surface area contributed by atoms with Gasteiger partial charge < -0.3 is 10.8 Å². The van der Waals surface area contributed by atoms with Gasteiger partial charge >= 0.3 is 0 Å². The van der Waals surface area contributed by atoms with Gasteiger partial charge in [0.1, 0.15) is 5.82 Å². The second-order valence-electron chi connectivity index (χ2n) is 3.47. The second kappa shape index (κ2) is 5.86. The summed E-state index contributed by atoms with van der Waals surface area (Å²) in [5.41, 5.74) is 5.84. The van der Waals surface area contributed by atoms with Crippen LogP contribution in [0.1, 0.15) is 22.8 Å². The molecule has 88 valence electrons. The number of primary amides is 1. The highest BCUT2D eigenvalue weighted by Gasteiger charge is 2.09. The van der Waals surface area contributed by atoms with Crippen molar-refractivity contribution in [2.24, 2.45) is 5.73 Å². The van der Waals surface area contributed by atoms with Gasteiger partial charge in [0.15, 0.2) is 0 Å². The summed E-state index contributed by atoms with van der Waals surface area (Å²) < 4.78 is 13.4. The lowest BCUT2D eigenvalue weighted by Gasteiger charge is -2.08. The Morgan fingerprint density at radius 1 is 1.62 bits per heavy atom. The van der Waals surface area contributed by atoms with Crippen LogP contribution in [0, 0.1) is 5.82 Å². The lowest BCUT2D eigenvalue weighted by atomic mass is 10.1. The summed E-state index contributed by atoms with van der Waals surface area (Å²) in [5, 5.41) is 8.87. The molecule has 0 aliphatic rings. The SMILES string of the molecule is CC(CO)SCc1cc(C(N)=O)ccc1F. The molecule has 0 saturated heterocycles. The molecule has 3 nitrogen and oxygen atoms in total. The molecule has 1 atom stereocenters. The molecular weight excluding hydrogens is 229 g/mol. The molecule has 0 aliphatic heterocycles. The molecule has 16 heavy (non-hydrogen) atoms. The molecule has 1 aromatic carbocycles. The first-order valence-electron chi connectivity index (χ1n) is 4.85. The minimum Gasteiger partial charge on any atom is -0.395 e. The van der Waals surface area contributed by atoms with E-state index in [2.05, 4.69) is 0 Å². The molecule has 1 rings (SSSR count). The summed E-state index contributed by atoms with van der Waals surface area (Å²) in [7, 11) is 0. The number of hydrogen-bond acceptors (Lipinski definition) is 3. The number of aliphatic hydroxyl groups excluding tert-OH is 1. The third-order valence-electron chi connectivity index (χ3n) is 2.11. The van der Waals surface area contributed by atoms with Crippen molar-refractivity contribution in [2.45, 2.75) is 17.9 Å². The van der Waals surface area contributed by atoms with Gasteiger partial charge in [0.25, 0.3) is 0 Å². The predicted molar refractivity (Wildman–Crippen MR) is 62.8 cm³/mol. The molecule has 0 radical (unpaired) electrons. The fourth-order valence-electron chi connectivity index (χ4n) is 1.12. The van der Waals surface area contributed by atoms with Crippen molar-refractivity contribution in [3.63, 3.8) is 0 Å². The van der Waals surface area contributed by atoms with Crippen molar-refractivity contribution in [1.82, 2.24) is 0 Å². The fourth-order valence-corrected chi connectivity index (χ4v) is 1.91. The standard InChI is InChI=1S/C11H14FNO2S/c1-7(5-14)16-6-9-4-8(11(13)15)2-3-10(9)12/h2-4,7,14H,5-6H2,1H3,(H2,13,15). The summed E-state index contributed by atoms with van der Waals surface area (Å²) in [5.74, 6) is -0.515. The highest BCUT2D eigenvalue weighted by Crippen LogP contribution is 2.20. The summed E-state index contributed by atoms with van der Waals surface area (Å²) >= 11 is 1.42. The number of aliphatic hydroxyl groups is 1.